The van der Waals surface area contributed by atoms with E-state index in [4.69, 9.17) is 0 Å². The second-order valence-corrected chi connectivity index (χ2v) is 6.02. The second-order valence-electron chi connectivity index (χ2n) is 6.02. The highest BCUT2D eigenvalue weighted by molar-refractivity contribution is 5.61. The van der Waals surface area contributed by atoms with Gasteiger partial charge in [-0.3, -0.25) is 4.68 Å². The van der Waals surface area contributed by atoms with Crippen molar-refractivity contribution in [3.63, 3.8) is 0 Å². The number of halogens is 3. The first-order valence-corrected chi connectivity index (χ1v) is 7.72. The predicted octanol–water partition coefficient (Wildman–Crippen LogP) is 2.60. The number of anilines is 2. The first kappa shape index (κ1) is 16.5. The third kappa shape index (κ3) is 3.29. The van der Waals surface area contributed by atoms with Gasteiger partial charge in [-0.15, -0.1) is 0 Å². The Kier molecular flexibility index (Phi) is 4.33. The lowest BCUT2D eigenvalue weighted by Gasteiger charge is -2.35. The fourth-order valence-electron chi connectivity index (χ4n) is 2.92. The van der Waals surface area contributed by atoms with Crippen LogP contribution in [-0.2, 0) is 6.18 Å². The van der Waals surface area contributed by atoms with Gasteiger partial charge in [0.05, 0.1) is 6.04 Å². The molecule has 24 heavy (non-hydrogen) atoms. The number of hydrogen-bond acceptors (Lipinski definition) is 5. The molecule has 1 fully saturated rings. The van der Waals surface area contributed by atoms with E-state index >= 15 is 0 Å². The highest BCUT2D eigenvalue weighted by Crippen LogP contribution is 2.31. The minimum atomic E-state index is -4.41. The van der Waals surface area contributed by atoms with Crippen LogP contribution < -0.4 is 9.80 Å². The molecule has 2 aromatic rings. The lowest BCUT2D eigenvalue weighted by atomic mass is 10.1. The van der Waals surface area contributed by atoms with Crippen LogP contribution in [0.1, 0.15) is 24.6 Å². The van der Waals surface area contributed by atoms with E-state index in [0.29, 0.717) is 6.54 Å². The first-order valence-electron chi connectivity index (χ1n) is 7.72. The van der Waals surface area contributed by atoms with E-state index in [1.165, 1.54) is 10.9 Å². The SMILES string of the molecule is CN(C)c1nccnc1N1CCCC(n2ccc(C(F)(F)F)n2)C1. The third-order valence-corrected chi connectivity index (χ3v) is 4.05. The largest absolute Gasteiger partial charge is 0.435 e. The van der Waals surface area contributed by atoms with Gasteiger partial charge in [0.25, 0.3) is 0 Å². The molecule has 1 unspecified atom stereocenters. The molecule has 1 saturated heterocycles. The number of piperidine rings is 1. The van der Waals surface area contributed by atoms with E-state index in [1.807, 2.05) is 19.0 Å². The molecule has 2 aromatic heterocycles. The van der Waals surface area contributed by atoms with Crippen LogP contribution in [0.15, 0.2) is 24.7 Å². The zero-order chi connectivity index (χ0) is 17.3. The van der Waals surface area contributed by atoms with Crippen molar-refractivity contribution in [3.8, 4) is 0 Å². The summed E-state index contributed by atoms with van der Waals surface area (Å²) in [6, 6.07) is 0.902. The summed E-state index contributed by atoms with van der Waals surface area (Å²) < 4.78 is 39.6. The van der Waals surface area contributed by atoms with Gasteiger partial charge < -0.3 is 9.80 Å². The molecule has 0 bridgehead atoms. The van der Waals surface area contributed by atoms with E-state index in [2.05, 4.69) is 20.0 Å². The highest BCUT2D eigenvalue weighted by atomic mass is 19.4. The van der Waals surface area contributed by atoms with Gasteiger partial charge in [0.2, 0.25) is 0 Å². The molecule has 9 heteroatoms. The van der Waals surface area contributed by atoms with Crippen LogP contribution in [-0.4, -0.2) is 46.9 Å². The predicted molar refractivity (Wildman–Crippen MR) is 84.1 cm³/mol. The van der Waals surface area contributed by atoms with Gasteiger partial charge in [-0.1, -0.05) is 0 Å². The number of rotatable bonds is 3. The van der Waals surface area contributed by atoms with Gasteiger partial charge in [0, 0.05) is 45.8 Å². The van der Waals surface area contributed by atoms with Crippen LogP contribution in [0.25, 0.3) is 0 Å². The standard InChI is InChI=1S/C15H19F3N6/c1-22(2)13-14(20-7-6-19-13)23-8-3-4-11(10-23)24-9-5-12(21-24)15(16,17)18/h5-7,9,11H,3-4,8,10H2,1-2H3. The van der Waals surface area contributed by atoms with E-state index in [-0.39, 0.29) is 6.04 Å². The third-order valence-electron chi connectivity index (χ3n) is 4.05. The molecule has 1 atom stereocenters. The van der Waals surface area contributed by atoms with Crippen molar-refractivity contribution in [2.45, 2.75) is 25.1 Å². The second kappa shape index (κ2) is 6.29. The maximum atomic E-state index is 12.7. The molecule has 0 N–H and O–H groups in total. The first-order chi connectivity index (χ1) is 11.4. The normalized spacial score (nSPS) is 18.7. The van der Waals surface area contributed by atoms with Crippen molar-refractivity contribution in [1.82, 2.24) is 19.7 Å². The maximum absolute atomic E-state index is 12.7. The van der Waals surface area contributed by atoms with Crippen LogP contribution in [0.3, 0.4) is 0 Å². The minimum absolute atomic E-state index is 0.119. The summed E-state index contributed by atoms with van der Waals surface area (Å²) in [4.78, 5) is 12.7. The van der Waals surface area contributed by atoms with Gasteiger partial charge in [0.15, 0.2) is 17.3 Å². The van der Waals surface area contributed by atoms with Crippen molar-refractivity contribution in [2.24, 2.45) is 0 Å². The summed E-state index contributed by atoms with van der Waals surface area (Å²) in [7, 11) is 3.77. The molecule has 0 spiro atoms. The highest BCUT2D eigenvalue weighted by Gasteiger charge is 2.34. The summed E-state index contributed by atoms with van der Waals surface area (Å²) >= 11 is 0. The van der Waals surface area contributed by atoms with Crippen molar-refractivity contribution >= 4 is 11.6 Å². The summed E-state index contributed by atoms with van der Waals surface area (Å²) in [5, 5.41) is 3.71. The Bertz CT molecular complexity index is 697. The molecule has 0 amide bonds. The van der Waals surface area contributed by atoms with Crippen LogP contribution >= 0.6 is 0 Å². The average Bonchev–Trinajstić information content (AvgIpc) is 3.05. The molecule has 0 radical (unpaired) electrons. The Morgan fingerprint density at radius 3 is 2.62 bits per heavy atom. The quantitative estimate of drug-likeness (QED) is 0.860. The Hall–Kier alpha value is -2.32. The number of hydrogen-bond donors (Lipinski definition) is 0. The molecule has 1 aliphatic rings. The topological polar surface area (TPSA) is 50.1 Å². The molecule has 6 nitrogen and oxygen atoms in total. The lowest BCUT2D eigenvalue weighted by Crippen LogP contribution is -2.38. The average molecular weight is 340 g/mol. The van der Waals surface area contributed by atoms with Crippen LogP contribution in [0.5, 0.6) is 0 Å². The Balaban J connectivity index is 1.81. The summed E-state index contributed by atoms with van der Waals surface area (Å²) in [5.74, 6) is 1.49. The molecule has 1 aliphatic heterocycles. The summed E-state index contributed by atoms with van der Waals surface area (Å²) in [6.07, 6.45) is 1.89. The molecular formula is C15H19F3N6. The number of aromatic nitrogens is 4. The van der Waals surface area contributed by atoms with Crippen molar-refractivity contribution in [3.05, 3.63) is 30.4 Å². The number of alkyl halides is 3. The van der Waals surface area contributed by atoms with Gasteiger partial charge in [-0.25, -0.2) is 9.97 Å². The van der Waals surface area contributed by atoms with Gasteiger partial charge in [-0.05, 0) is 18.9 Å². The van der Waals surface area contributed by atoms with Crippen molar-refractivity contribution in [1.29, 1.82) is 0 Å². The minimum Gasteiger partial charge on any atom is -0.360 e. The van der Waals surface area contributed by atoms with E-state index < -0.39 is 11.9 Å². The Morgan fingerprint density at radius 1 is 1.21 bits per heavy atom. The van der Waals surface area contributed by atoms with Gasteiger partial charge in [0.1, 0.15) is 0 Å². The zero-order valence-electron chi connectivity index (χ0n) is 13.5. The molecule has 3 heterocycles. The van der Waals surface area contributed by atoms with E-state index in [1.54, 1.807) is 12.4 Å². The van der Waals surface area contributed by atoms with Crippen LogP contribution in [0, 0.1) is 0 Å². The molecule has 3 rings (SSSR count). The van der Waals surface area contributed by atoms with Crippen molar-refractivity contribution < 1.29 is 13.2 Å². The van der Waals surface area contributed by atoms with Gasteiger partial charge in [-0.2, -0.15) is 18.3 Å². The Labute approximate surface area is 137 Å². The molecule has 0 saturated carbocycles. The van der Waals surface area contributed by atoms with Gasteiger partial charge >= 0.3 is 6.18 Å². The lowest BCUT2D eigenvalue weighted by molar-refractivity contribution is -0.141. The fourth-order valence-corrected chi connectivity index (χ4v) is 2.92. The smallest absolute Gasteiger partial charge is 0.360 e. The van der Waals surface area contributed by atoms with E-state index in [9.17, 15) is 13.2 Å². The molecular weight excluding hydrogens is 321 g/mol. The molecule has 130 valence electrons. The molecule has 0 aromatic carbocycles. The zero-order valence-corrected chi connectivity index (χ0v) is 13.5. The summed E-state index contributed by atoms with van der Waals surface area (Å²) in [5.41, 5.74) is -0.854. The molecule has 0 aliphatic carbocycles. The van der Waals surface area contributed by atoms with Crippen LogP contribution in [0.2, 0.25) is 0 Å². The van der Waals surface area contributed by atoms with Crippen molar-refractivity contribution in [2.75, 3.05) is 37.0 Å². The maximum Gasteiger partial charge on any atom is 0.435 e. The van der Waals surface area contributed by atoms with Crippen LogP contribution in [0.4, 0.5) is 24.8 Å². The summed E-state index contributed by atoms with van der Waals surface area (Å²) in [6.45, 7) is 1.35. The Morgan fingerprint density at radius 2 is 1.96 bits per heavy atom. The van der Waals surface area contributed by atoms with E-state index in [0.717, 1.165) is 37.1 Å². The fraction of sp³-hybridized carbons (Fsp3) is 0.533. The monoisotopic (exact) mass is 340 g/mol. The number of nitrogens with zero attached hydrogens (tertiary/aromatic N) is 6.